The van der Waals surface area contributed by atoms with Gasteiger partial charge in [0.1, 0.15) is 0 Å². The van der Waals surface area contributed by atoms with E-state index in [1.807, 2.05) is 0 Å². The molecule has 2 aromatic rings. The highest BCUT2D eigenvalue weighted by atomic mass is 35.5. The summed E-state index contributed by atoms with van der Waals surface area (Å²) in [5, 5.41) is 6.97. The Morgan fingerprint density at radius 2 is 2.14 bits per heavy atom. The summed E-state index contributed by atoms with van der Waals surface area (Å²) in [6.07, 6.45) is -1.18. The van der Waals surface area contributed by atoms with Gasteiger partial charge in [-0.05, 0) is 17.7 Å². The molecule has 0 radical (unpaired) electrons. The average Bonchev–Trinajstić information content (AvgIpc) is 2.88. The number of aromatic nitrogens is 2. The first-order valence-corrected chi connectivity index (χ1v) is 6.83. The molecule has 1 aromatic carbocycles. The lowest BCUT2D eigenvalue weighted by atomic mass is 10.1. The topological polar surface area (TPSA) is 46.9 Å². The highest BCUT2D eigenvalue weighted by Gasteiger charge is 2.30. The summed E-state index contributed by atoms with van der Waals surface area (Å²) in [6.45, 7) is 0.393. The SMILES string of the molecule is O=C(CCn1cc(Cl)cn1)NCc1cccc(C(F)(F)F)c1. The minimum Gasteiger partial charge on any atom is -0.352 e. The van der Waals surface area contributed by atoms with E-state index in [-0.39, 0.29) is 18.9 Å². The maximum Gasteiger partial charge on any atom is 0.416 e. The number of hydrogen-bond donors (Lipinski definition) is 1. The molecule has 0 aliphatic carbocycles. The van der Waals surface area contributed by atoms with Crippen molar-refractivity contribution in [3.63, 3.8) is 0 Å². The van der Waals surface area contributed by atoms with Crippen molar-refractivity contribution in [1.29, 1.82) is 0 Å². The molecular formula is C14H13ClF3N3O. The molecule has 1 N–H and O–H groups in total. The Balaban J connectivity index is 1.83. The minimum absolute atomic E-state index is 0.0443. The van der Waals surface area contributed by atoms with Crippen LogP contribution in [0.4, 0.5) is 13.2 Å². The first kappa shape index (κ1) is 16.4. The number of nitrogens with zero attached hydrogens (tertiary/aromatic N) is 2. The van der Waals surface area contributed by atoms with Crippen LogP contribution in [0.25, 0.3) is 0 Å². The monoisotopic (exact) mass is 331 g/mol. The van der Waals surface area contributed by atoms with Crippen LogP contribution in [0, 0.1) is 0 Å². The first-order chi connectivity index (χ1) is 10.3. The number of halogens is 4. The van der Waals surface area contributed by atoms with Crippen molar-refractivity contribution in [3.05, 3.63) is 52.8 Å². The molecule has 0 saturated carbocycles. The Hall–Kier alpha value is -2.02. The molecule has 1 amide bonds. The lowest BCUT2D eigenvalue weighted by Crippen LogP contribution is -2.24. The Morgan fingerprint density at radius 1 is 1.36 bits per heavy atom. The van der Waals surface area contributed by atoms with E-state index in [1.165, 1.54) is 23.0 Å². The molecule has 0 atom stereocenters. The van der Waals surface area contributed by atoms with Crippen LogP contribution in [0.15, 0.2) is 36.7 Å². The van der Waals surface area contributed by atoms with E-state index in [9.17, 15) is 18.0 Å². The number of amides is 1. The van der Waals surface area contributed by atoms with Gasteiger partial charge in [-0.25, -0.2) is 0 Å². The molecule has 4 nitrogen and oxygen atoms in total. The number of benzene rings is 1. The van der Waals surface area contributed by atoms with Crippen molar-refractivity contribution in [2.75, 3.05) is 0 Å². The number of carbonyl (C=O) groups is 1. The molecule has 0 unspecified atom stereocenters. The molecule has 0 aliphatic heterocycles. The fourth-order valence-electron chi connectivity index (χ4n) is 1.82. The van der Waals surface area contributed by atoms with Crippen LogP contribution < -0.4 is 5.32 Å². The molecule has 8 heteroatoms. The molecule has 0 aliphatic rings. The van der Waals surface area contributed by atoms with Crippen molar-refractivity contribution in [2.45, 2.75) is 25.7 Å². The number of hydrogen-bond acceptors (Lipinski definition) is 2. The zero-order valence-corrected chi connectivity index (χ0v) is 12.2. The maximum absolute atomic E-state index is 12.6. The normalized spacial score (nSPS) is 11.5. The second kappa shape index (κ2) is 6.83. The molecular weight excluding hydrogens is 319 g/mol. The van der Waals surface area contributed by atoms with Gasteiger partial charge in [-0.3, -0.25) is 9.48 Å². The van der Waals surface area contributed by atoms with E-state index in [2.05, 4.69) is 10.4 Å². The maximum atomic E-state index is 12.6. The number of carbonyl (C=O) groups excluding carboxylic acids is 1. The lowest BCUT2D eigenvalue weighted by Gasteiger charge is -2.09. The predicted molar refractivity (Wildman–Crippen MR) is 75.1 cm³/mol. The van der Waals surface area contributed by atoms with Gasteiger partial charge in [-0.2, -0.15) is 18.3 Å². The lowest BCUT2D eigenvalue weighted by molar-refractivity contribution is -0.137. The third kappa shape index (κ3) is 4.77. The molecule has 0 saturated heterocycles. The summed E-state index contributed by atoms with van der Waals surface area (Å²) in [4.78, 5) is 11.7. The van der Waals surface area contributed by atoms with Crippen molar-refractivity contribution in [1.82, 2.24) is 15.1 Å². The first-order valence-electron chi connectivity index (χ1n) is 6.45. The van der Waals surface area contributed by atoms with Gasteiger partial charge in [-0.15, -0.1) is 0 Å². The smallest absolute Gasteiger partial charge is 0.352 e. The van der Waals surface area contributed by atoms with Crippen molar-refractivity contribution < 1.29 is 18.0 Å². The molecule has 0 bridgehead atoms. The molecule has 1 aromatic heterocycles. The second-order valence-corrected chi connectivity index (χ2v) is 5.08. The summed E-state index contributed by atoms with van der Waals surface area (Å²) in [5.74, 6) is -0.274. The predicted octanol–water partition coefficient (Wildman–Crippen LogP) is 3.26. The van der Waals surface area contributed by atoms with Gasteiger partial charge in [0, 0.05) is 25.7 Å². The van der Waals surface area contributed by atoms with Crippen LogP contribution in [-0.2, 0) is 24.1 Å². The van der Waals surface area contributed by atoms with Gasteiger partial charge in [0.15, 0.2) is 0 Å². The Kier molecular flexibility index (Phi) is 5.07. The van der Waals surface area contributed by atoms with Crippen LogP contribution in [-0.4, -0.2) is 15.7 Å². The Bertz CT molecular complexity index is 655. The second-order valence-electron chi connectivity index (χ2n) is 4.65. The number of rotatable bonds is 5. The fraction of sp³-hybridized carbons (Fsp3) is 0.286. The number of alkyl halides is 3. The zero-order chi connectivity index (χ0) is 16.2. The molecule has 22 heavy (non-hydrogen) atoms. The van der Waals surface area contributed by atoms with Gasteiger partial charge < -0.3 is 5.32 Å². The summed E-state index contributed by atoms with van der Waals surface area (Å²) in [6, 6.07) is 4.86. The molecule has 0 spiro atoms. The van der Waals surface area contributed by atoms with E-state index in [0.29, 0.717) is 17.1 Å². The van der Waals surface area contributed by atoms with Crippen molar-refractivity contribution in [3.8, 4) is 0 Å². The van der Waals surface area contributed by atoms with Crippen LogP contribution in [0.1, 0.15) is 17.5 Å². The third-order valence-corrected chi connectivity index (χ3v) is 3.11. The quantitative estimate of drug-likeness (QED) is 0.914. The molecule has 2 rings (SSSR count). The summed E-state index contributed by atoms with van der Waals surface area (Å²) in [5.41, 5.74) is -0.337. The fourth-order valence-corrected chi connectivity index (χ4v) is 1.98. The third-order valence-electron chi connectivity index (χ3n) is 2.91. The van der Waals surface area contributed by atoms with Crippen LogP contribution in [0.3, 0.4) is 0 Å². The number of aryl methyl sites for hydroxylation is 1. The summed E-state index contributed by atoms with van der Waals surface area (Å²) >= 11 is 5.69. The number of nitrogens with one attached hydrogen (secondary N) is 1. The highest BCUT2D eigenvalue weighted by Crippen LogP contribution is 2.29. The largest absolute Gasteiger partial charge is 0.416 e. The Labute approximate surface area is 129 Å². The minimum atomic E-state index is -4.39. The van der Waals surface area contributed by atoms with Crippen LogP contribution in [0.5, 0.6) is 0 Å². The van der Waals surface area contributed by atoms with Gasteiger partial charge in [0.2, 0.25) is 5.91 Å². The average molecular weight is 332 g/mol. The van der Waals surface area contributed by atoms with Gasteiger partial charge in [0.05, 0.1) is 16.8 Å². The highest BCUT2D eigenvalue weighted by molar-refractivity contribution is 6.30. The van der Waals surface area contributed by atoms with E-state index in [0.717, 1.165) is 12.1 Å². The van der Waals surface area contributed by atoms with Gasteiger partial charge in [-0.1, -0.05) is 23.7 Å². The summed E-state index contributed by atoms with van der Waals surface area (Å²) < 4.78 is 39.2. The van der Waals surface area contributed by atoms with Crippen LogP contribution >= 0.6 is 11.6 Å². The van der Waals surface area contributed by atoms with Crippen molar-refractivity contribution >= 4 is 17.5 Å². The zero-order valence-electron chi connectivity index (χ0n) is 11.4. The van der Waals surface area contributed by atoms with E-state index >= 15 is 0 Å². The van der Waals surface area contributed by atoms with E-state index in [4.69, 9.17) is 11.6 Å². The molecule has 1 heterocycles. The van der Waals surface area contributed by atoms with E-state index in [1.54, 1.807) is 6.20 Å². The molecule has 0 fully saturated rings. The molecule has 118 valence electrons. The van der Waals surface area contributed by atoms with Crippen LogP contribution in [0.2, 0.25) is 5.02 Å². The van der Waals surface area contributed by atoms with Gasteiger partial charge in [0.25, 0.3) is 0 Å². The van der Waals surface area contributed by atoms with Crippen molar-refractivity contribution in [2.24, 2.45) is 0 Å². The standard InChI is InChI=1S/C14H13ClF3N3O/c15-12-8-20-21(9-12)5-4-13(22)19-7-10-2-1-3-11(6-10)14(16,17)18/h1-3,6,8-9H,4-5,7H2,(H,19,22). The van der Waals surface area contributed by atoms with E-state index < -0.39 is 11.7 Å². The Morgan fingerprint density at radius 3 is 2.77 bits per heavy atom. The summed E-state index contributed by atoms with van der Waals surface area (Å²) in [7, 11) is 0. The van der Waals surface area contributed by atoms with Gasteiger partial charge >= 0.3 is 6.18 Å².